The van der Waals surface area contributed by atoms with Crippen LogP contribution in [0.2, 0.25) is 0 Å². The first-order valence-electron chi connectivity index (χ1n) is 6.50. The highest BCUT2D eigenvalue weighted by Crippen LogP contribution is 2.16. The fourth-order valence-electron chi connectivity index (χ4n) is 1.88. The van der Waals surface area contributed by atoms with Crippen LogP contribution in [0.25, 0.3) is 0 Å². The van der Waals surface area contributed by atoms with Gasteiger partial charge in [-0.05, 0) is 39.1 Å². The molecule has 1 unspecified atom stereocenters. The lowest BCUT2D eigenvalue weighted by atomic mass is 10.2. The molecule has 1 atom stereocenters. The monoisotopic (exact) mass is 265 g/mol. The maximum absolute atomic E-state index is 11.7. The first-order chi connectivity index (χ1) is 8.99. The van der Waals surface area contributed by atoms with Crippen molar-refractivity contribution in [3.05, 3.63) is 24.3 Å². The molecule has 1 amide bonds. The van der Waals surface area contributed by atoms with Gasteiger partial charge in [0.05, 0.1) is 17.5 Å². The van der Waals surface area contributed by atoms with E-state index in [1.807, 2.05) is 24.1 Å². The number of hydrogen-bond donors (Lipinski definition) is 3. The Morgan fingerprint density at radius 2 is 2.16 bits per heavy atom. The second-order valence-electron chi connectivity index (χ2n) is 4.85. The van der Waals surface area contributed by atoms with Gasteiger partial charge in [-0.1, -0.05) is 12.1 Å². The molecule has 0 aromatic heterocycles. The van der Waals surface area contributed by atoms with Crippen molar-refractivity contribution in [3.63, 3.8) is 0 Å². The van der Waals surface area contributed by atoms with Crippen LogP contribution in [0.15, 0.2) is 24.3 Å². The molecule has 5 heteroatoms. The Morgan fingerprint density at radius 1 is 1.47 bits per heavy atom. The number of anilines is 2. The van der Waals surface area contributed by atoms with Crippen molar-refractivity contribution in [1.29, 1.82) is 0 Å². The molecule has 0 fully saturated rings. The number of nitrogen functional groups attached to an aromatic ring is 1. The molecular formula is C14H23N3O2. The summed E-state index contributed by atoms with van der Waals surface area (Å²) in [6, 6.07) is 7.21. The van der Waals surface area contributed by atoms with Crippen molar-refractivity contribution >= 4 is 17.3 Å². The lowest BCUT2D eigenvalue weighted by molar-refractivity contribution is -0.116. The lowest BCUT2D eigenvalue weighted by Crippen LogP contribution is -2.28. The van der Waals surface area contributed by atoms with Gasteiger partial charge in [0.1, 0.15) is 0 Å². The van der Waals surface area contributed by atoms with Crippen molar-refractivity contribution in [2.45, 2.75) is 25.9 Å². The molecule has 1 rings (SSSR count). The zero-order chi connectivity index (χ0) is 14.3. The van der Waals surface area contributed by atoms with Gasteiger partial charge < -0.3 is 21.1 Å². The van der Waals surface area contributed by atoms with E-state index < -0.39 is 0 Å². The predicted octanol–water partition coefficient (Wildman–Crippen LogP) is 1.30. The van der Waals surface area contributed by atoms with Gasteiger partial charge in [0.15, 0.2) is 0 Å². The van der Waals surface area contributed by atoms with E-state index in [1.54, 1.807) is 19.1 Å². The first kappa shape index (κ1) is 15.5. The van der Waals surface area contributed by atoms with E-state index in [-0.39, 0.29) is 12.0 Å². The van der Waals surface area contributed by atoms with Crippen LogP contribution in [0.4, 0.5) is 11.4 Å². The van der Waals surface area contributed by atoms with Crippen LogP contribution in [0, 0.1) is 0 Å². The van der Waals surface area contributed by atoms with Gasteiger partial charge in [0, 0.05) is 13.0 Å². The Labute approximate surface area is 114 Å². The van der Waals surface area contributed by atoms with Crippen molar-refractivity contribution in [1.82, 2.24) is 4.90 Å². The molecule has 0 bridgehead atoms. The van der Waals surface area contributed by atoms with Crippen molar-refractivity contribution in [3.8, 4) is 0 Å². The number of carbonyl (C=O) groups excluding carboxylic acids is 1. The summed E-state index contributed by atoms with van der Waals surface area (Å²) in [7, 11) is 1.93. The lowest BCUT2D eigenvalue weighted by Gasteiger charge is -2.17. The van der Waals surface area contributed by atoms with E-state index in [9.17, 15) is 9.90 Å². The van der Waals surface area contributed by atoms with Gasteiger partial charge in [-0.3, -0.25) is 4.79 Å². The van der Waals surface area contributed by atoms with Crippen molar-refractivity contribution in [2.24, 2.45) is 0 Å². The van der Waals surface area contributed by atoms with Crippen LogP contribution in [-0.4, -0.2) is 42.2 Å². The van der Waals surface area contributed by atoms with E-state index in [0.29, 0.717) is 24.3 Å². The first-order valence-corrected chi connectivity index (χ1v) is 6.50. The molecule has 0 aliphatic heterocycles. The minimum atomic E-state index is -0.344. The minimum Gasteiger partial charge on any atom is -0.397 e. The normalized spacial score (nSPS) is 12.4. The number of hydrogen-bond acceptors (Lipinski definition) is 4. The zero-order valence-corrected chi connectivity index (χ0v) is 11.6. The number of amides is 1. The Hall–Kier alpha value is -1.59. The standard InChI is InChI=1S/C14H23N3O2/c1-11(18)10-17(2)9-5-8-14(19)16-13-7-4-3-6-12(13)15/h3-4,6-7,11,18H,5,8-10,15H2,1-2H3,(H,16,19). The Morgan fingerprint density at radius 3 is 2.79 bits per heavy atom. The van der Waals surface area contributed by atoms with Gasteiger partial charge >= 0.3 is 0 Å². The van der Waals surface area contributed by atoms with Crippen LogP contribution < -0.4 is 11.1 Å². The number of para-hydroxylation sites is 2. The maximum Gasteiger partial charge on any atom is 0.224 e. The van der Waals surface area contributed by atoms with Crippen LogP contribution in [-0.2, 0) is 4.79 Å². The van der Waals surface area contributed by atoms with E-state index in [4.69, 9.17) is 5.73 Å². The number of likely N-dealkylation sites (N-methyl/N-ethyl adjacent to an activating group) is 1. The molecule has 0 saturated heterocycles. The average molecular weight is 265 g/mol. The summed E-state index contributed by atoms with van der Waals surface area (Å²) in [4.78, 5) is 13.7. The number of rotatable bonds is 7. The van der Waals surface area contributed by atoms with Gasteiger partial charge in [0.25, 0.3) is 0 Å². The number of carbonyl (C=O) groups is 1. The van der Waals surface area contributed by atoms with Crippen LogP contribution in [0.3, 0.4) is 0 Å². The van der Waals surface area contributed by atoms with Gasteiger partial charge in [-0.15, -0.1) is 0 Å². The molecule has 0 spiro atoms. The molecule has 1 aromatic carbocycles. The third kappa shape index (κ3) is 6.22. The summed E-state index contributed by atoms with van der Waals surface area (Å²) in [5.41, 5.74) is 6.98. The summed E-state index contributed by atoms with van der Waals surface area (Å²) >= 11 is 0. The Kier molecular flexibility index (Phi) is 6.32. The van der Waals surface area contributed by atoms with Gasteiger partial charge in [-0.2, -0.15) is 0 Å². The maximum atomic E-state index is 11.7. The molecule has 0 aliphatic carbocycles. The molecule has 0 saturated carbocycles. The highest BCUT2D eigenvalue weighted by atomic mass is 16.3. The van der Waals surface area contributed by atoms with Crippen LogP contribution in [0.5, 0.6) is 0 Å². The second-order valence-corrected chi connectivity index (χ2v) is 4.85. The van der Waals surface area contributed by atoms with Crippen molar-refractivity contribution < 1.29 is 9.90 Å². The summed E-state index contributed by atoms with van der Waals surface area (Å²) < 4.78 is 0. The van der Waals surface area contributed by atoms with Crippen molar-refractivity contribution in [2.75, 3.05) is 31.2 Å². The molecule has 106 valence electrons. The molecule has 1 aromatic rings. The molecular weight excluding hydrogens is 242 g/mol. The van der Waals surface area contributed by atoms with Gasteiger partial charge in [-0.25, -0.2) is 0 Å². The highest BCUT2D eigenvalue weighted by Gasteiger charge is 2.06. The Bertz CT molecular complexity index is 407. The zero-order valence-electron chi connectivity index (χ0n) is 11.6. The topological polar surface area (TPSA) is 78.6 Å². The van der Waals surface area contributed by atoms with E-state index >= 15 is 0 Å². The SMILES string of the molecule is CC(O)CN(C)CCCC(=O)Nc1ccccc1N. The van der Waals surface area contributed by atoms with Crippen LogP contribution in [0.1, 0.15) is 19.8 Å². The number of aliphatic hydroxyl groups excluding tert-OH is 1. The minimum absolute atomic E-state index is 0.0386. The molecule has 0 aliphatic rings. The molecule has 0 heterocycles. The van der Waals surface area contributed by atoms with E-state index in [2.05, 4.69) is 5.32 Å². The summed E-state index contributed by atoms with van der Waals surface area (Å²) in [5.74, 6) is -0.0386. The van der Waals surface area contributed by atoms with Gasteiger partial charge in [0.2, 0.25) is 5.91 Å². The molecule has 4 N–H and O–H groups in total. The fraction of sp³-hybridized carbons (Fsp3) is 0.500. The number of nitrogens with one attached hydrogen (secondary N) is 1. The quantitative estimate of drug-likeness (QED) is 0.649. The number of benzene rings is 1. The Balaban J connectivity index is 2.27. The largest absolute Gasteiger partial charge is 0.397 e. The number of nitrogens with zero attached hydrogens (tertiary/aromatic N) is 1. The highest BCUT2D eigenvalue weighted by molar-refractivity contribution is 5.93. The molecule has 5 nitrogen and oxygen atoms in total. The fourth-order valence-corrected chi connectivity index (χ4v) is 1.88. The predicted molar refractivity (Wildman–Crippen MR) is 77.9 cm³/mol. The number of aliphatic hydroxyl groups is 1. The van der Waals surface area contributed by atoms with E-state index in [1.165, 1.54) is 0 Å². The summed E-state index contributed by atoms with van der Waals surface area (Å²) in [6.45, 7) is 3.15. The third-order valence-corrected chi connectivity index (χ3v) is 2.75. The molecule has 0 radical (unpaired) electrons. The number of nitrogens with two attached hydrogens (primary N) is 1. The molecule has 19 heavy (non-hydrogen) atoms. The smallest absolute Gasteiger partial charge is 0.224 e. The van der Waals surface area contributed by atoms with E-state index in [0.717, 1.165) is 13.0 Å². The van der Waals surface area contributed by atoms with Crippen LogP contribution >= 0.6 is 0 Å². The summed E-state index contributed by atoms with van der Waals surface area (Å²) in [6.07, 6.45) is 0.850. The third-order valence-electron chi connectivity index (χ3n) is 2.75. The second kappa shape index (κ2) is 7.76. The summed E-state index contributed by atoms with van der Waals surface area (Å²) in [5, 5.41) is 12.0. The average Bonchev–Trinajstić information content (AvgIpc) is 2.31.